The van der Waals surface area contributed by atoms with Crippen molar-refractivity contribution < 1.29 is 19.1 Å². The average molecular weight is 473 g/mol. The van der Waals surface area contributed by atoms with Gasteiger partial charge in [-0.1, -0.05) is 44.2 Å². The monoisotopic (exact) mass is 472 g/mol. The van der Waals surface area contributed by atoms with Crippen molar-refractivity contribution in [2.75, 3.05) is 0 Å². The van der Waals surface area contributed by atoms with Crippen molar-refractivity contribution >= 4 is 33.8 Å². The average Bonchev–Trinajstić information content (AvgIpc) is 3.54. The van der Waals surface area contributed by atoms with Gasteiger partial charge in [-0.25, -0.2) is 0 Å². The summed E-state index contributed by atoms with van der Waals surface area (Å²) >= 11 is 1.76. The summed E-state index contributed by atoms with van der Waals surface area (Å²) in [5.74, 6) is -0.0277. The summed E-state index contributed by atoms with van der Waals surface area (Å²) in [7, 11) is 0. The molecule has 0 spiro atoms. The lowest BCUT2D eigenvalue weighted by molar-refractivity contribution is -0.136. The highest BCUT2D eigenvalue weighted by atomic mass is 32.1. The number of rotatable bonds is 8. The number of ether oxygens (including phenoxy) is 1. The van der Waals surface area contributed by atoms with Crippen LogP contribution in [0.15, 0.2) is 70.7 Å². The summed E-state index contributed by atoms with van der Waals surface area (Å²) in [5, 5.41) is 12.3. The maximum Gasteiger partial charge on any atom is 0.303 e. The second-order valence-electron chi connectivity index (χ2n) is 9.47. The molecule has 0 saturated carbocycles. The number of carboxylic acids is 1. The third kappa shape index (κ3) is 4.40. The van der Waals surface area contributed by atoms with Crippen LogP contribution >= 0.6 is 11.3 Å². The first-order chi connectivity index (χ1) is 16.4. The minimum absolute atomic E-state index is 0.103. The van der Waals surface area contributed by atoms with Crippen molar-refractivity contribution in [1.29, 1.82) is 0 Å². The number of carbonyl (C=O) groups is 1. The van der Waals surface area contributed by atoms with E-state index in [1.54, 1.807) is 17.6 Å². The van der Waals surface area contributed by atoms with Gasteiger partial charge >= 0.3 is 5.97 Å². The van der Waals surface area contributed by atoms with Gasteiger partial charge in [0.1, 0.15) is 17.9 Å². The summed E-state index contributed by atoms with van der Waals surface area (Å²) in [6, 6.07) is 16.0. The standard InChI is InChI=1S/C29H28O4S/c1-29(2)14-5-9-24(29)27-20(17-33-21-7-3-6-19(16-21)11-12-26(30)31)18-34-28(27)23-8-4-10-25-22(23)13-15-32-25/h3-4,6-10,13,15-16,18H,5,11-12,14,17H2,1-2H3,(H,30,31). The normalized spacial score (nSPS) is 14.9. The molecule has 0 saturated heterocycles. The van der Waals surface area contributed by atoms with E-state index in [4.69, 9.17) is 14.3 Å². The molecule has 2 aromatic carbocycles. The smallest absolute Gasteiger partial charge is 0.303 e. The second kappa shape index (κ2) is 9.15. The van der Waals surface area contributed by atoms with E-state index in [2.05, 4.69) is 37.4 Å². The van der Waals surface area contributed by atoms with Crippen molar-refractivity contribution in [3.8, 4) is 16.2 Å². The van der Waals surface area contributed by atoms with E-state index in [-0.39, 0.29) is 11.8 Å². The Bertz CT molecular complexity index is 1370. The number of allylic oxidation sites excluding steroid dienone is 2. The zero-order valence-electron chi connectivity index (χ0n) is 19.5. The molecule has 2 heterocycles. The molecule has 1 N–H and O–H groups in total. The number of fused-ring (bicyclic) bond motifs is 1. The quantitative estimate of drug-likeness (QED) is 0.283. The number of furan rings is 1. The number of benzene rings is 2. The Hall–Kier alpha value is -3.31. The third-order valence-corrected chi connectivity index (χ3v) is 7.71. The van der Waals surface area contributed by atoms with Crippen molar-refractivity contribution in [1.82, 2.24) is 0 Å². The molecule has 1 aliphatic carbocycles. The summed E-state index contributed by atoms with van der Waals surface area (Å²) in [5.41, 5.74) is 7.01. The molecule has 4 aromatic rings. The third-order valence-electron chi connectivity index (χ3n) is 6.64. The highest BCUT2D eigenvalue weighted by Crippen LogP contribution is 2.50. The fourth-order valence-electron chi connectivity index (χ4n) is 4.82. The fourth-order valence-corrected chi connectivity index (χ4v) is 5.93. The first-order valence-electron chi connectivity index (χ1n) is 11.6. The molecule has 0 fully saturated rings. The Kier molecular flexibility index (Phi) is 6.05. The number of aryl methyl sites for hydroxylation is 1. The lowest BCUT2D eigenvalue weighted by Gasteiger charge is -2.24. The highest BCUT2D eigenvalue weighted by Gasteiger charge is 2.32. The van der Waals surface area contributed by atoms with Crippen LogP contribution in [0, 0.1) is 5.41 Å². The molecule has 2 aromatic heterocycles. The topological polar surface area (TPSA) is 59.7 Å². The molecule has 0 bridgehead atoms. The summed E-state index contributed by atoms with van der Waals surface area (Å²) in [4.78, 5) is 12.2. The van der Waals surface area contributed by atoms with Crippen LogP contribution in [0.5, 0.6) is 5.75 Å². The maximum atomic E-state index is 10.9. The van der Waals surface area contributed by atoms with Crippen molar-refractivity contribution in [2.24, 2.45) is 5.41 Å². The molecule has 5 heteroatoms. The van der Waals surface area contributed by atoms with Gasteiger partial charge in [-0.15, -0.1) is 11.3 Å². The van der Waals surface area contributed by atoms with Crippen molar-refractivity contribution in [2.45, 2.75) is 46.1 Å². The predicted molar refractivity (Wildman–Crippen MR) is 137 cm³/mol. The van der Waals surface area contributed by atoms with Crippen LogP contribution in [0.25, 0.3) is 27.0 Å². The number of hydrogen-bond acceptors (Lipinski definition) is 4. The molecule has 174 valence electrons. The van der Waals surface area contributed by atoms with Crippen LogP contribution in [0.3, 0.4) is 0 Å². The summed E-state index contributed by atoms with van der Waals surface area (Å²) in [6.45, 7) is 5.10. The van der Waals surface area contributed by atoms with E-state index in [0.717, 1.165) is 35.1 Å². The van der Waals surface area contributed by atoms with Crippen molar-refractivity contribution in [3.63, 3.8) is 0 Å². The first kappa shape index (κ1) is 22.5. The SMILES string of the molecule is CC1(C)CCC=C1c1c(COc2cccc(CCC(=O)O)c2)csc1-c1cccc2occc12. The molecule has 1 aliphatic rings. The lowest BCUT2D eigenvalue weighted by atomic mass is 9.80. The van der Waals surface area contributed by atoms with Gasteiger partial charge in [0.05, 0.1) is 6.26 Å². The van der Waals surface area contributed by atoms with Gasteiger partial charge in [0.15, 0.2) is 0 Å². The van der Waals surface area contributed by atoms with Crippen LogP contribution in [0.1, 0.15) is 49.8 Å². The Morgan fingerprint density at radius 1 is 1.18 bits per heavy atom. The zero-order chi connectivity index (χ0) is 23.7. The largest absolute Gasteiger partial charge is 0.489 e. The van der Waals surface area contributed by atoms with Crippen LogP contribution in [0.2, 0.25) is 0 Å². The van der Waals surface area contributed by atoms with Gasteiger partial charge in [-0.3, -0.25) is 4.79 Å². The summed E-state index contributed by atoms with van der Waals surface area (Å²) < 4.78 is 11.9. The van der Waals surface area contributed by atoms with Crippen LogP contribution in [0.4, 0.5) is 0 Å². The van der Waals surface area contributed by atoms with Crippen LogP contribution < -0.4 is 4.74 Å². The van der Waals surface area contributed by atoms with Gasteiger partial charge in [-0.05, 0) is 65.5 Å². The Morgan fingerprint density at radius 2 is 2.03 bits per heavy atom. The molecule has 0 unspecified atom stereocenters. The van der Waals surface area contributed by atoms with Crippen molar-refractivity contribution in [3.05, 3.63) is 82.9 Å². The zero-order valence-corrected chi connectivity index (χ0v) is 20.3. The lowest BCUT2D eigenvalue weighted by Crippen LogP contribution is -2.11. The Balaban J connectivity index is 1.50. The molecule has 0 radical (unpaired) electrons. The second-order valence-corrected chi connectivity index (χ2v) is 10.4. The van der Waals surface area contributed by atoms with E-state index < -0.39 is 5.97 Å². The number of carboxylic acid groups (broad SMARTS) is 1. The fraction of sp³-hybridized carbons (Fsp3) is 0.276. The predicted octanol–water partition coefficient (Wildman–Crippen LogP) is 7.96. The minimum Gasteiger partial charge on any atom is -0.489 e. The number of hydrogen-bond donors (Lipinski definition) is 1. The van der Waals surface area contributed by atoms with Gasteiger partial charge < -0.3 is 14.3 Å². The van der Waals surface area contributed by atoms with E-state index in [1.165, 1.54) is 27.1 Å². The Morgan fingerprint density at radius 3 is 2.82 bits per heavy atom. The van der Waals surface area contributed by atoms with Gasteiger partial charge in [0.2, 0.25) is 0 Å². The highest BCUT2D eigenvalue weighted by molar-refractivity contribution is 7.14. The Labute approximate surface area is 203 Å². The molecular weight excluding hydrogens is 444 g/mol. The van der Waals surface area contributed by atoms with Gasteiger partial charge in [0, 0.05) is 33.4 Å². The number of aliphatic carboxylic acids is 1. The van der Waals surface area contributed by atoms with Gasteiger partial charge in [-0.2, -0.15) is 0 Å². The molecule has 0 atom stereocenters. The molecule has 0 aliphatic heterocycles. The van der Waals surface area contributed by atoms with E-state index in [1.807, 2.05) is 36.4 Å². The molecule has 0 amide bonds. The van der Waals surface area contributed by atoms with E-state index in [0.29, 0.717) is 13.0 Å². The minimum atomic E-state index is -0.790. The summed E-state index contributed by atoms with van der Waals surface area (Å²) in [6.07, 6.45) is 6.97. The molecule has 34 heavy (non-hydrogen) atoms. The van der Waals surface area contributed by atoms with Crippen LogP contribution in [-0.4, -0.2) is 11.1 Å². The first-order valence-corrected chi connectivity index (χ1v) is 12.5. The molecule has 5 rings (SSSR count). The van der Waals surface area contributed by atoms with Gasteiger partial charge in [0.25, 0.3) is 0 Å². The number of thiophene rings is 1. The molecule has 4 nitrogen and oxygen atoms in total. The van der Waals surface area contributed by atoms with E-state index >= 15 is 0 Å². The van der Waals surface area contributed by atoms with Crippen LogP contribution in [-0.2, 0) is 17.8 Å². The van der Waals surface area contributed by atoms with E-state index in [9.17, 15) is 4.79 Å². The maximum absolute atomic E-state index is 10.9. The molecular formula is C29H28O4S.